The van der Waals surface area contributed by atoms with Gasteiger partial charge in [-0.25, -0.2) is 4.79 Å². The highest BCUT2D eigenvalue weighted by molar-refractivity contribution is 6.54. The number of carbonyl (C=O) groups is 2. The predicted octanol–water partition coefficient (Wildman–Crippen LogP) is 3.37. The number of para-hydroxylation sites is 1. The van der Waals surface area contributed by atoms with E-state index in [1.165, 1.54) is 0 Å². The maximum absolute atomic E-state index is 12.7. The molecular weight excluding hydrogens is 351 g/mol. The molecule has 122 valence electrons. The Morgan fingerprint density at radius 1 is 1.17 bits per heavy atom. The Kier molecular flexibility index (Phi) is 4.83. The van der Waals surface area contributed by atoms with Gasteiger partial charge in [-0.2, -0.15) is 0 Å². The molecule has 0 saturated carbocycles. The van der Waals surface area contributed by atoms with Gasteiger partial charge in [0.1, 0.15) is 5.88 Å². The van der Waals surface area contributed by atoms with Gasteiger partial charge in [-0.05, 0) is 23.8 Å². The molecule has 0 aliphatic carbocycles. The van der Waals surface area contributed by atoms with Crippen molar-refractivity contribution in [2.75, 3.05) is 10.8 Å². The van der Waals surface area contributed by atoms with E-state index < -0.39 is 5.97 Å². The number of fused-ring (bicyclic) bond motifs is 1. The van der Waals surface area contributed by atoms with E-state index in [1.807, 2.05) is 24.3 Å². The van der Waals surface area contributed by atoms with Gasteiger partial charge in [0.05, 0.1) is 12.2 Å². The molecule has 24 heavy (non-hydrogen) atoms. The number of oxime groups is 1. The van der Waals surface area contributed by atoms with Crippen LogP contribution in [0.5, 0.6) is 0 Å². The van der Waals surface area contributed by atoms with E-state index in [0.29, 0.717) is 22.8 Å². The van der Waals surface area contributed by atoms with Gasteiger partial charge >= 0.3 is 5.97 Å². The molecule has 1 aliphatic rings. The largest absolute Gasteiger partial charge is 0.349 e. The highest BCUT2D eigenvalue weighted by Gasteiger charge is 2.34. The summed E-state index contributed by atoms with van der Waals surface area (Å²) in [6.07, 6.45) is 0. The van der Waals surface area contributed by atoms with E-state index in [0.717, 1.165) is 5.56 Å². The number of nitrogens with zero attached hydrogens (tertiary/aromatic N) is 2. The Labute approximate surface area is 148 Å². The van der Waals surface area contributed by atoms with Crippen LogP contribution in [0.25, 0.3) is 0 Å². The van der Waals surface area contributed by atoms with Gasteiger partial charge in [-0.15, -0.1) is 11.6 Å². The number of amides is 1. The molecule has 1 aliphatic heterocycles. The van der Waals surface area contributed by atoms with Crippen LogP contribution in [0.1, 0.15) is 11.1 Å². The van der Waals surface area contributed by atoms with Crippen LogP contribution in [0.4, 0.5) is 5.69 Å². The second-order valence-corrected chi connectivity index (χ2v) is 5.78. The number of anilines is 1. The molecule has 2 aromatic rings. The second kappa shape index (κ2) is 7.03. The van der Waals surface area contributed by atoms with Crippen molar-refractivity contribution in [1.82, 2.24) is 0 Å². The van der Waals surface area contributed by atoms with Gasteiger partial charge < -0.3 is 9.74 Å². The summed E-state index contributed by atoms with van der Waals surface area (Å²) in [6, 6.07) is 14.4. The molecule has 5 nitrogen and oxygen atoms in total. The summed E-state index contributed by atoms with van der Waals surface area (Å²) in [6.45, 7) is 0.332. The fraction of sp³-hybridized carbons (Fsp3) is 0.118. The Bertz CT molecular complexity index is 836. The summed E-state index contributed by atoms with van der Waals surface area (Å²) in [5, 5.41) is 4.29. The minimum absolute atomic E-state index is 0.0751. The molecule has 0 N–H and O–H groups in total. The topological polar surface area (TPSA) is 59.0 Å². The van der Waals surface area contributed by atoms with Crippen LogP contribution in [-0.2, 0) is 21.0 Å². The standard InChI is InChI=1S/C17H12Cl2N2O3/c18-9-15(22)24-20-16-13-6-1-2-7-14(13)21(17(16)23)10-11-4-3-5-12(19)8-11/h1-8H,9-10H2. The van der Waals surface area contributed by atoms with Gasteiger partial charge in [0.25, 0.3) is 5.91 Å². The summed E-state index contributed by atoms with van der Waals surface area (Å²) in [4.78, 5) is 30.1. The zero-order valence-corrected chi connectivity index (χ0v) is 13.9. The van der Waals surface area contributed by atoms with Crippen molar-refractivity contribution in [3.05, 3.63) is 64.7 Å². The molecule has 0 saturated heterocycles. The number of halogens is 2. The fourth-order valence-electron chi connectivity index (χ4n) is 2.45. The number of hydrogen-bond acceptors (Lipinski definition) is 4. The smallest absolute Gasteiger partial charge is 0.316 e. The first-order chi connectivity index (χ1) is 11.6. The Morgan fingerprint density at radius 3 is 2.71 bits per heavy atom. The Hall–Kier alpha value is -2.37. The van der Waals surface area contributed by atoms with E-state index in [1.54, 1.807) is 29.2 Å². The predicted molar refractivity (Wildman–Crippen MR) is 92.4 cm³/mol. The van der Waals surface area contributed by atoms with Gasteiger partial charge in [-0.1, -0.05) is 47.1 Å². The molecular formula is C17H12Cl2N2O3. The molecule has 1 heterocycles. The summed E-state index contributed by atoms with van der Waals surface area (Å²) in [7, 11) is 0. The number of rotatable bonds is 4. The zero-order valence-electron chi connectivity index (χ0n) is 12.4. The second-order valence-electron chi connectivity index (χ2n) is 5.08. The average Bonchev–Trinajstić information content (AvgIpc) is 2.85. The van der Waals surface area contributed by atoms with Crippen molar-refractivity contribution in [3.8, 4) is 0 Å². The lowest BCUT2D eigenvalue weighted by Crippen LogP contribution is -2.29. The minimum Gasteiger partial charge on any atom is -0.316 e. The van der Waals surface area contributed by atoms with Crippen molar-refractivity contribution < 1.29 is 14.4 Å². The highest BCUT2D eigenvalue weighted by Crippen LogP contribution is 2.31. The van der Waals surface area contributed by atoms with E-state index in [-0.39, 0.29) is 17.5 Å². The van der Waals surface area contributed by atoms with Crippen molar-refractivity contribution in [3.63, 3.8) is 0 Å². The number of benzene rings is 2. The fourth-order valence-corrected chi connectivity index (χ4v) is 2.71. The van der Waals surface area contributed by atoms with Gasteiger partial charge in [0.15, 0.2) is 5.71 Å². The molecule has 0 fully saturated rings. The molecule has 0 aromatic heterocycles. The molecule has 0 atom stereocenters. The number of alkyl halides is 1. The first kappa shape index (κ1) is 16.5. The molecule has 0 spiro atoms. The van der Waals surface area contributed by atoms with E-state index in [9.17, 15) is 9.59 Å². The molecule has 0 radical (unpaired) electrons. The Morgan fingerprint density at radius 2 is 1.96 bits per heavy atom. The average molecular weight is 363 g/mol. The van der Waals surface area contributed by atoms with Crippen LogP contribution in [0.2, 0.25) is 5.02 Å². The third-order valence-electron chi connectivity index (χ3n) is 3.48. The van der Waals surface area contributed by atoms with Crippen LogP contribution in [0.15, 0.2) is 53.7 Å². The van der Waals surface area contributed by atoms with Crippen molar-refractivity contribution in [1.29, 1.82) is 0 Å². The van der Waals surface area contributed by atoms with Crippen LogP contribution >= 0.6 is 23.2 Å². The van der Waals surface area contributed by atoms with E-state index >= 15 is 0 Å². The zero-order chi connectivity index (χ0) is 17.1. The normalized spacial score (nSPS) is 14.8. The lowest BCUT2D eigenvalue weighted by Gasteiger charge is -2.16. The van der Waals surface area contributed by atoms with Crippen LogP contribution < -0.4 is 4.90 Å². The van der Waals surface area contributed by atoms with Crippen LogP contribution in [0.3, 0.4) is 0 Å². The van der Waals surface area contributed by atoms with Crippen LogP contribution in [0, 0.1) is 0 Å². The van der Waals surface area contributed by atoms with Crippen molar-refractivity contribution in [2.45, 2.75) is 6.54 Å². The summed E-state index contributed by atoms with van der Waals surface area (Å²) in [5.41, 5.74) is 2.26. The SMILES string of the molecule is O=C(CCl)ON=C1C(=O)N(Cc2cccc(Cl)c2)c2ccccc21. The quantitative estimate of drug-likeness (QED) is 0.475. The lowest BCUT2D eigenvalue weighted by atomic mass is 10.1. The molecule has 2 aromatic carbocycles. The van der Waals surface area contributed by atoms with Gasteiger partial charge in [-0.3, -0.25) is 4.79 Å². The Balaban J connectivity index is 1.94. The minimum atomic E-state index is -0.720. The summed E-state index contributed by atoms with van der Waals surface area (Å²) < 4.78 is 0. The molecule has 3 rings (SSSR count). The third-order valence-corrected chi connectivity index (χ3v) is 3.93. The molecule has 7 heteroatoms. The summed E-state index contributed by atoms with van der Waals surface area (Å²) >= 11 is 11.4. The third kappa shape index (κ3) is 3.27. The van der Waals surface area contributed by atoms with Crippen molar-refractivity contribution in [2.24, 2.45) is 5.16 Å². The van der Waals surface area contributed by atoms with Crippen LogP contribution in [-0.4, -0.2) is 23.5 Å². The van der Waals surface area contributed by atoms with Gasteiger partial charge in [0, 0.05) is 10.6 Å². The molecule has 1 amide bonds. The first-order valence-corrected chi connectivity index (χ1v) is 8.01. The monoisotopic (exact) mass is 362 g/mol. The molecule has 0 bridgehead atoms. The summed E-state index contributed by atoms with van der Waals surface area (Å²) in [5.74, 6) is -1.40. The van der Waals surface area contributed by atoms with Gasteiger partial charge in [0.2, 0.25) is 0 Å². The maximum atomic E-state index is 12.7. The first-order valence-electron chi connectivity index (χ1n) is 7.09. The van der Waals surface area contributed by atoms with Crippen molar-refractivity contribution >= 4 is 46.5 Å². The molecule has 0 unspecified atom stereocenters. The lowest BCUT2D eigenvalue weighted by molar-refractivity contribution is -0.140. The maximum Gasteiger partial charge on any atom is 0.349 e. The number of carbonyl (C=O) groups excluding carboxylic acids is 2. The number of hydrogen-bond donors (Lipinski definition) is 0. The van der Waals surface area contributed by atoms with E-state index in [4.69, 9.17) is 23.2 Å². The highest BCUT2D eigenvalue weighted by atomic mass is 35.5. The van der Waals surface area contributed by atoms with E-state index in [2.05, 4.69) is 9.99 Å².